The number of halogens is 1. The Bertz CT molecular complexity index is 1040. The third-order valence-corrected chi connectivity index (χ3v) is 4.43. The Morgan fingerprint density at radius 2 is 2.00 bits per heavy atom. The van der Waals surface area contributed by atoms with E-state index in [1.54, 1.807) is 18.2 Å². The molecule has 0 aliphatic rings. The van der Waals surface area contributed by atoms with Crippen LogP contribution in [0.3, 0.4) is 0 Å². The molecule has 0 unspecified atom stereocenters. The highest BCUT2D eigenvalue weighted by Gasteiger charge is 2.12. The second-order valence-corrected chi connectivity index (χ2v) is 6.95. The summed E-state index contributed by atoms with van der Waals surface area (Å²) in [4.78, 5) is 11.9. The van der Waals surface area contributed by atoms with E-state index in [2.05, 4.69) is 10.6 Å². The fourth-order valence-corrected chi connectivity index (χ4v) is 2.78. The number of hydrogen-bond donors (Lipinski definition) is 3. The second kappa shape index (κ2) is 8.55. The third-order valence-electron chi connectivity index (χ3n) is 3.29. The van der Waals surface area contributed by atoms with Crippen LogP contribution in [-0.4, -0.2) is 26.0 Å². The quantitative estimate of drug-likeness (QED) is 0.381. The minimum atomic E-state index is -4.36. The van der Waals surface area contributed by atoms with Crippen LogP contribution in [0.25, 0.3) is 0 Å². The van der Waals surface area contributed by atoms with Gasteiger partial charge in [0, 0.05) is 17.6 Å². The Kier molecular flexibility index (Phi) is 6.41. The molecule has 0 saturated carbocycles. The number of ether oxygens (including phenoxy) is 1. The van der Waals surface area contributed by atoms with E-state index in [4.69, 9.17) is 20.9 Å². The van der Waals surface area contributed by atoms with Gasteiger partial charge in [-0.3, -0.25) is 9.35 Å². The van der Waals surface area contributed by atoms with Gasteiger partial charge in [-0.2, -0.15) is 13.7 Å². The normalized spacial score (nSPS) is 11.4. The number of benzene rings is 2. The number of carbonyl (C=O) groups excluding carboxylic acids is 1. The molecule has 2 aromatic rings. The maximum atomic E-state index is 12.2. The summed E-state index contributed by atoms with van der Waals surface area (Å²) in [5.74, 6) is -0.261. The zero-order chi connectivity index (χ0) is 20.0. The predicted molar refractivity (Wildman–Crippen MR) is 100 cm³/mol. The lowest BCUT2D eigenvalue weighted by Gasteiger charge is -2.08. The van der Waals surface area contributed by atoms with Crippen LogP contribution in [0, 0.1) is 11.3 Å². The van der Waals surface area contributed by atoms with Gasteiger partial charge in [0.2, 0.25) is 0 Å². The molecule has 0 aliphatic carbocycles. The molecule has 27 heavy (non-hydrogen) atoms. The van der Waals surface area contributed by atoms with Crippen LogP contribution in [0.15, 0.2) is 59.1 Å². The van der Waals surface area contributed by atoms with Crippen molar-refractivity contribution in [2.45, 2.75) is 4.90 Å². The van der Waals surface area contributed by atoms with Crippen molar-refractivity contribution in [2.24, 2.45) is 0 Å². The van der Waals surface area contributed by atoms with Crippen LogP contribution in [0.2, 0.25) is 5.02 Å². The summed E-state index contributed by atoms with van der Waals surface area (Å²) < 4.78 is 36.3. The van der Waals surface area contributed by atoms with Gasteiger partial charge < -0.3 is 15.4 Å². The van der Waals surface area contributed by atoms with E-state index in [-0.39, 0.29) is 21.2 Å². The van der Waals surface area contributed by atoms with Crippen molar-refractivity contribution in [2.75, 3.05) is 17.7 Å². The highest BCUT2D eigenvalue weighted by atomic mass is 35.5. The molecule has 0 radical (unpaired) electrons. The van der Waals surface area contributed by atoms with Gasteiger partial charge in [-0.1, -0.05) is 17.7 Å². The summed E-state index contributed by atoms with van der Waals surface area (Å²) in [6, 6.07) is 11.6. The zero-order valence-electron chi connectivity index (χ0n) is 13.9. The molecule has 0 bridgehead atoms. The summed E-state index contributed by atoms with van der Waals surface area (Å²) in [5.41, 5.74) is 0.359. The molecule has 3 N–H and O–H groups in total. The van der Waals surface area contributed by atoms with Gasteiger partial charge in [0.15, 0.2) is 0 Å². The highest BCUT2D eigenvalue weighted by Crippen LogP contribution is 2.27. The Labute approximate surface area is 160 Å². The van der Waals surface area contributed by atoms with Crippen molar-refractivity contribution < 1.29 is 22.5 Å². The van der Waals surface area contributed by atoms with Gasteiger partial charge in [-0.25, -0.2) is 0 Å². The van der Waals surface area contributed by atoms with Gasteiger partial charge in [0.25, 0.3) is 16.0 Å². The largest absolute Gasteiger partial charge is 0.495 e. The Hall–Kier alpha value is -3.06. The molecular weight excluding hydrogens is 394 g/mol. The fraction of sp³-hybridized carbons (Fsp3) is 0.0588. The first-order valence-corrected chi connectivity index (χ1v) is 9.15. The van der Waals surface area contributed by atoms with Crippen LogP contribution in [0.5, 0.6) is 5.75 Å². The molecule has 0 saturated heterocycles. The van der Waals surface area contributed by atoms with Crippen molar-refractivity contribution in [3.05, 3.63) is 59.3 Å². The number of carbonyl (C=O) groups is 1. The SMILES string of the molecule is COc1ccc(NC(=O)/C(C#N)=C\Nc2cccc(S(=O)(=O)O)c2)cc1Cl. The number of anilines is 2. The van der Waals surface area contributed by atoms with E-state index in [0.29, 0.717) is 11.4 Å². The molecule has 1 amide bonds. The number of methoxy groups -OCH3 is 1. The smallest absolute Gasteiger partial charge is 0.294 e. The summed E-state index contributed by atoms with van der Waals surface area (Å²) in [7, 11) is -2.91. The van der Waals surface area contributed by atoms with Crippen LogP contribution < -0.4 is 15.4 Å². The molecule has 2 aromatic carbocycles. The van der Waals surface area contributed by atoms with E-state index in [1.807, 2.05) is 0 Å². The summed E-state index contributed by atoms with van der Waals surface area (Å²) in [5, 5.41) is 14.6. The average molecular weight is 408 g/mol. The number of amides is 1. The van der Waals surface area contributed by atoms with Crippen LogP contribution in [0.1, 0.15) is 0 Å². The molecule has 8 nitrogen and oxygen atoms in total. The predicted octanol–water partition coefficient (Wildman–Crippen LogP) is 3.05. The maximum absolute atomic E-state index is 12.2. The molecule has 140 valence electrons. The van der Waals surface area contributed by atoms with Crippen LogP contribution in [0.4, 0.5) is 11.4 Å². The molecule has 0 heterocycles. The first kappa shape index (κ1) is 20.3. The molecule has 0 aliphatic heterocycles. The monoisotopic (exact) mass is 407 g/mol. The third kappa shape index (κ3) is 5.46. The van der Waals surface area contributed by atoms with E-state index < -0.39 is 16.0 Å². The minimum Gasteiger partial charge on any atom is -0.495 e. The molecular formula is C17H14ClN3O5S. The van der Waals surface area contributed by atoms with E-state index >= 15 is 0 Å². The highest BCUT2D eigenvalue weighted by molar-refractivity contribution is 7.85. The van der Waals surface area contributed by atoms with E-state index in [0.717, 1.165) is 12.3 Å². The van der Waals surface area contributed by atoms with Crippen molar-refractivity contribution in [1.82, 2.24) is 0 Å². The first-order chi connectivity index (χ1) is 12.7. The Morgan fingerprint density at radius 1 is 1.26 bits per heavy atom. The molecule has 0 atom stereocenters. The average Bonchev–Trinajstić information content (AvgIpc) is 2.62. The lowest BCUT2D eigenvalue weighted by molar-refractivity contribution is -0.112. The maximum Gasteiger partial charge on any atom is 0.294 e. The standard InChI is InChI=1S/C17H14ClN3O5S/c1-26-16-6-5-13(8-15(16)18)21-17(22)11(9-19)10-20-12-3-2-4-14(7-12)27(23,24)25/h2-8,10,20H,1H3,(H,21,22)(H,23,24,25)/b11-10-. The number of nitrogens with one attached hydrogen (secondary N) is 2. The molecule has 0 spiro atoms. The molecule has 0 aromatic heterocycles. The fourth-order valence-electron chi connectivity index (χ4n) is 1.99. The first-order valence-electron chi connectivity index (χ1n) is 7.34. The Morgan fingerprint density at radius 3 is 2.59 bits per heavy atom. The van der Waals surface area contributed by atoms with E-state index in [1.165, 1.54) is 31.4 Å². The number of rotatable bonds is 6. The topological polar surface area (TPSA) is 129 Å². The van der Waals surface area contributed by atoms with Gasteiger partial charge >= 0.3 is 0 Å². The van der Waals surface area contributed by atoms with Crippen molar-refractivity contribution in [1.29, 1.82) is 5.26 Å². The number of nitrogens with zero attached hydrogens (tertiary/aromatic N) is 1. The van der Waals surface area contributed by atoms with Crippen molar-refractivity contribution in [3.63, 3.8) is 0 Å². The van der Waals surface area contributed by atoms with Gasteiger partial charge in [0.1, 0.15) is 17.4 Å². The van der Waals surface area contributed by atoms with Gasteiger partial charge in [-0.15, -0.1) is 0 Å². The summed E-state index contributed by atoms with van der Waals surface area (Å²) in [6.45, 7) is 0. The summed E-state index contributed by atoms with van der Waals surface area (Å²) >= 11 is 5.98. The van der Waals surface area contributed by atoms with Gasteiger partial charge in [-0.05, 0) is 36.4 Å². The lowest BCUT2D eigenvalue weighted by atomic mass is 10.2. The molecule has 10 heteroatoms. The van der Waals surface area contributed by atoms with Crippen LogP contribution in [-0.2, 0) is 14.9 Å². The minimum absolute atomic E-state index is 0.262. The number of hydrogen-bond acceptors (Lipinski definition) is 6. The van der Waals surface area contributed by atoms with Gasteiger partial charge in [0.05, 0.1) is 17.0 Å². The summed E-state index contributed by atoms with van der Waals surface area (Å²) in [6.07, 6.45) is 1.11. The van der Waals surface area contributed by atoms with Crippen molar-refractivity contribution in [3.8, 4) is 11.8 Å². The zero-order valence-corrected chi connectivity index (χ0v) is 15.5. The lowest BCUT2D eigenvalue weighted by Crippen LogP contribution is -2.14. The Balaban J connectivity index is 2.15. The van der Waals surface area contributed by atoms with Crippen LogP contribution >= 0.6 is 11.6 Å². The second-order valence-electron chi connectivity index (χ2n) is 5.12. The number of nitriles is 1. The molecule has 0 fully saturated rings. The molecule has 2 rings (SSSR count). The van der Waals surface area contributed by atoms with Crippen molar-refractivity contribution >= 4 is 39.0 Å². The van der Waals surface area contributed by atoms with E-state index in [9.17, 15) is 18.5 Å².